The molecule has 3 heteroatoms. The normalized spacial score (nSPS) is 17.4. The third kappa shape index (κ3) is 8.27. The highest BCUT2D eigenvalue weighted by Crippen LogP contribution is 1.74. The Kier molecular flexibility index (Phi) is 9.52. The van der Waals surface area contributed by atoms with E-state index < -0.39 is 0 Å². The minimum Gasteiger partial charge on any atom is -0.314 e. The molecule has 0 bridgehead atoms. The third-order valence-electron chi connectivity index (χ3n) is 1.18. The Bertz CT molecular complexity index is 42.1. The van der Waals surface area contributed by atoms with Crippen LogP contribution in [0.2, 0.25) is 0 Å². The topological polar surface area (TPSA) is 24.1 Å². The zero-order valence-electron chi connectivity index (χ0n) is 6.69. The molecule has 0 aromatic heterocycles. The fourth-order valence-electron chi connectivity index (χ4n) is 0.604. The van der Waals surface area contributed by atoms with Gasteiger partial charge in [0.2, 0.25) is 0 Å². The van der Waals surface area contributed by atoms with E-state index in [9.17, 15) is 0 Å². The Hall–Kier alpha value is 0.270. The van der Waals surface area contributed by atoms with E-state index in [1.165, 1.54) is 6.42 Å². The maximum Gasteiger partial charge on any atom is 0.00772 e. The molecule has 0 atom stereocenters. The van der Waals surface area contributed by atoms with Crippen molar-refractivity contribution in [3.63, 3.8) is 0 Å². The van der Waals surface area contributed by atoms with Crippen molar-refractivity contribution in [3.05, 3.63) is 0 Å². The maximum atomic E-state index is 3.92. The van der Waals surface area contributed by atoms with Gasteiger partial charge in [-0.3, -0.25) is 0 Å². The van der Waals surface area contributed by atoms with Gasteiger partial charge in [0.25, 0.3) is 0 Å². The van der Waals surface area contributed by atoms with Crippen molar-refractivity contribution in [2.24, 2.45) is 0 Å². The van der Waals surface area contributed by atoms with E-state index in [1.54, 1.807) is 0 Å². The molecule has 0 amide bonds. The summed E-state index contributed by atoms with van der Waals surface area (Å²) in [5.41, 5.74) is 0. The van der Waals surface area contributed by atoms with Gasteiger partial charge < -0.3 is 10.6 Å². The second-order valence-electron chi connectivity index (χ2n) is 2.22. The molecule has 1 aliphatic heterocycles. The van der Waals surface area contributed by atoms with Gasteiger partial charge in [0.1, 0.15) is 0 Å². The summed E-state index contributed by atoms with van der Waals surface area (Å²) in [6, 6.07) is 0. The van der Waals surface area contributed by atoms with Crippen molar-refractivity contribution in [1.29, 1.82) is 0 Å². The van der Waals surface area contributed by atoms with Crippen LogP contribution in [0.15, 0.2) is 0 Å². The van der Waals surface area contributed by atoms with Crippen LogP contribution in [0.1, 0.15) is 13.3 Å². The molecule has 62 valence electrons. The van der Waals surface area contributed by atoms with Gasteiger partial charge in [0, 0.05) is 26.2 Å². The molecule has 0 radical (unpaired) electrons. The molecule has 0 unspecified atom stereocenters. The Labute approximate surface area is 69.2 Å². The highest BCUT2D eigenvalue weighted by atomic mass is 32.1. The van der Waals surface area contributed by atoms with Crippen LogP contribution in [-0.4, -0.2) is 31.9 Å². The van der Waals surface area contributed by atoms with Crippen molar-refractivity contribution in [3.8, 4) is 0 Å². The molecule has 2 nitrogen and oxygen atoms in total. The number of nitrogens with one attached hydrogen (secondary N) is 2. The van der Waals surface area contributed by atoms with Crippen LogP contribution >= 0.6 is 12.6 Å². The standard InChI is InChI=1S/C4H10N2.C3H8S/c1-2-6-4-3-5-1;1-2-3-4/h5-6H,1-4H2;4H,2-3H2,1H3. The maximum absolute atomic E-state index is 3.92. The highest BCUT2D eigenvalue weighted by Gasteiger charge is 1.91. The van der Waals surface area contributed by atoms with Crippen LogP contribution in [0, 0.1) is 0 Å². The van der Waals surface area contributed by atoms with Crippen molar-refractivity contribution in [2.75, 3.05) is 31.9 Å². The van der Waals surface area contributed by atoms with Gasteiger partial charge in [-0.15, -0.1) is 0 Å². The van der Waals surface area contributed by atoms with E-state index >= 15 is 0 Å². The second kappa shape index (κ2) is 9.27. The summed E-state index contributed by atoms with van der Waals surface area (Å²) < 4.78 is 0. The van der Waals surface area contributed by atoms with Gasteiger partial charge >= 0.3 is 0 Å². The average Bonchev–Trinajstić information content (AvgIpc) is 2.08. The summed E-state index contributed by atoms with van der Waals surface area (Å²) in [5, 5.41) is 6.44. The fourth-order valence-corrected chi connectivity index (χ4v) is 0.604. The lowest BCUT2D eigenvalue weighted by Gasteiger charge is -2.11. The number of thiol groups is 1. The number of piperazine rings is 1. The van der Waals surface area contributed by atoms with Gasteiger partial charge in [0.15, 0.2) is 0 Å². The summed E-state index contributed by atoms with van der Waals surface area (Å²) >= 11 is 3.92. The summed E-state index contributed by atoms with van der Waals surface area (Å²) in [7, 11) is 0. The Morgan fingerprint density at radius 1 is 1.10 bits per heavy atom. The van der Waals surface area contributed by atoms with Crippen LogP contribution < -0.4 is 10.6 Å². The third-order valence-corrected chi connectivity index (χ3v) is 1.63. The summed E-state index contributed by atoms with van der Waals surface area (Å²) in [6.07, 6.45) is 1.18. The van der Waals surface area contributed by atoms with E-state index in [0.717, 1.165) is 31.9 Å². The van der Waals surface area contributed by atoms with E-state index in [0.29, 0.717) is 0 Å². The Morgan fingerprint density at radius 2 is 1.40 bits per heavy atom. The fraction of sp³-hybridized carbons (Fsp3) is 1.00. The highest BCUT2D eigenvalue weighted by molar-refractivity contribution is 7.80. The quantitative estimate of drug-likeness (QED) is 0.489. The van der Waals surface area contributed by atoms with Gasteiger partial charge in [-0.05, 0) is 12.2 Å². The molecular weight excluding hydrogens is 144 g/mol. The van der Waals surface area contributed by atoms with Gasteiger partial charge in [-0.2, -0.15) is 12.6 Å². The molecule has 1 aliphatic rings. The molecule has 0 saturated carbocycles. The molecule has 1 fully saturated rings. The molecule has 1 saturated heterocycles. The minimum absolute atomic E-state index is 1.01. The van der Waals surface area contributed by atoms with E-state index in [2.05, 4.69) is 30.2 Å². The first-order valence-electron chi connectivity index (χ1n) is 3.94. The second-order valence-corrected chi connectivity index (χ2v) is 2.67. The van der Waals surface area contributed by atoms with Gasteiger partial charge in [-0.1, -0.05) is 6.92 Å². The van der Waals surface area contributed by atoms with Crippen LogP contribution in [0.3, 0.4) is 0 Å². The minimum atomic E-state index is 1.01. The zero-order valence-corrected chi connectivity index (χ0v) is 7.58. The van der Waals surface area contributed by atoms with Crippen molar-refractivity contribution >= 4 is 12.6 Å². The number of rotatable bonds is 1. The predicted octanol–water partition coefficient (Wildman–Crippen LogP) is 0.505. The summed E-state index contributed by atoms with van der Waals surface area (Å²) in [6.45, 7) is 6.66. The molecule has 2 N–H and O–H groups in total. The Balaban J connectivity index is 0.000000180. The lowest BCUT2D eigenvalue weighted by Crippen LogP contribution is -2.39. The smallest absolute Gasteiger partial charge is 0.00772 e. The van der Waals surface area contributed by atoms with Crippen molar-refractivity contribution in [2.45, 2.75) is 13.3 Å². The first-order valence-corrected chi connectivity index (χ1v) is 4.57. The molecule has 1 heterocycles. The summed E-state index contributed by atoms with van der Waals surface area (Å²) in [5.74, 6) is 1.01. The first kappa shape index (κ1) is 10.3. The molecule has 0 spiro atoms. The molecule has 1 rings (SSSR count). The SMILES string of the molecule is C1CNCCN1.CCCS. The van der Waals surface area contributed by atoms with E-state index in [4.69, 9.17) is 0 Å². The Morgan fingerprint density at radius 3 is 1.50 bits per heavy atom. The number of hydrogen-bond acceptors (Lipinski definition) is 3. The lowest BCUT2D eigenvalue weighted by atomic mass is 10.4. The van der Waals surface area contributed by atoms with Crippen LogP contribution in [0.25, 0.3) is 0 Å². The number of hydrogen-bond donors (Lipinski definition) is 3. The van der Waals surface area contributed by atoms with Crippen molar-refractivity contribution in [1.82, 2.24) is 10.6 Å². The molecular formula is C7H18N2S. The molecule has 10 heavy (non-hydrogen) atoms. The van der Waals surface area contributed by atoms with Crippen LogP contribution in [0.4, 0.5) is 0 Å². The van der Waals surface area contributed by atoms with Crippen molar-refractivity contribution < 1.29 is 0 Å². The zero-order chi connectivity index (χ0) is 7.66. The first-order chi connectivity index (χ1) is 4.91. The van der Waals surface area contributed by atoms with E-state index in [1.807, 2.05) is 0 Å². The molecule has 0 aliphatic carbocycles. The van der Waals surface area contributed by atoms with Gasteiger partial charge in [-0.25, -0.2) is 0 Å². The van der Waals surface area contributed by atoms with Crippen LogP contribution in [0.5, 0.6) is 0 Å². The van der Waals surface area contributed by atoms with Gasteiger partial charge in [0.05, 0.1) is 0 Å². The van der Waals surface area contributed by atoms with Crippen LogP contribution in [-0.2, 0) is 0 Å². The molecule has 0 aromatic carbocycles. The molecule has 0 aromatic rings. The monoisotopic (exact) mass is 162 g/mol. The summed E-state index contributed by atoms with van der Waals surface area (Å²) in [4.78, 5) is 0. The largest absolute Gasteiger partial charge is 0.314 e. The lowest BCUT2D eigenvalue weighted by molar-refractivity contribution is 0.534. The van der Waals surface area contributed by atoms with E-state index in [-0.39, 0.29) is 0 Å². The average molecular weight is 162 g/mol. The predicted molar refractivity (Wildman–Crippen MR) is 49.9 cm³/mol.